The van der Waals surface area contributed by atoms with Gasteiger partial charge in [-0.2, -0.15) is 5.10 Å². The van der Waals surface area contributed by atoms with Crippen molar-refractivity contribution in [2.75, 3.05) is 0 Å². The molecule has 1 heterocycles. The molecule has 4 heteroatoms. The van der Waals surface area contributed by atoms with Crippen LogP contribution in [0.25, 0.3) is 0 Å². The maximum Gasteiger partial charge on any atom is 0.133 e. The fourth-order valence-corrected chi connectivity index (χ4v) is 2.46. The third kappa shape index (κ3) is 2.98. The molecule has 0 N–H and O–H groups in total. The monoisotopic (exact) mass is 292 g/mol. The number of aromatic nitrogens is 2. The molecule has 3 nitrogen and oxygen atoms in total. The summed E-state index contributed by atoms with van der Waals surface area (Å²) in [5, 5.41) is 4.94. The van der Waals surface area contributed by atoms with Gasteiger partial charge in [-0.1, -0.05) is 37.6 Å². The van der Waals surface area contributed by atoms with Gasteiger partial charge in [-0.3, -0.25) is 4.68 Å². The minimum absolute atomic E-state index is 0.427. The van der Waals surface area contributed by atoms with Crippen molar-refractivity contribution in [3.8, 4) is 5.75 Å². The van der Waals surface area contributed by atoms with Gasteiger partial charge in [0.25, 0.3) is 0 Å². The quantitative estimate of drug-likeness (QED) is 0.835. The van der Waals surface area contributed by atoms with Gasteiger partial charge >= 0.3 is 0 Å². The summed E-state index contributed by atoms with van der Waals surface area (Å²) in [6.07, 6.45) is 0. The molecule has 0 aliphatic rings. The van der Waals surface area contributed by atoms with Crippen LogP contribution in [-0.4, -0.2) is 9.78 Å². The van der Waals surface area contributed by atoms with Crippen LogP contribution in [0.1, 0.15) is 42.1 Å². The van der Waals surface area contributed by atoms with Gasteiger partial charge in [-0.05, 0) is 37.0 Å². The van der Waals surface area contributed by atoms with Crippen LogP contribution in [0.15, 0.2) is 18.2 Å². The Balaban J connectivity index is 2.24. The summed E-state index contributed by atoms with van der Waals surface area (Å²) in [6, 6.07) is 6.33. The van der Waals surface area contributed by atoms with E-state index in [0.29, 0.717) is 17.7 Å². The molecule has 0 bridgehead atoms. The van der Waals surface area contributed by atoms with Gasteiger partial charge in [0.05, 0.1) is 5.69 Å². The third-order valence-corrected chi connectivity index (χ3v) is 3.91. The first-order valence-electron chi connectivity index (χ1n) is 6.81. The number of hydrogen-bond donors (Lipinski definition) is 0. The topological polar surface area (TPSA) is 27.1 Å². The fourth-order valence-electron chi connectivity index (χ4n) is 2.23. The Bertz CT molecular complexity index is 617. The highest BCUT2D eigenvalue weighted by atomic mass is 35.5. The van der Waals surface area contributed by atoms with Gasteiger partial charge in [0.2, 0.25) is 0 Å². The van der Waals surface area contributed by atoms with Crippen LogP contribution in [-0.2, 0) is 13.7 Å². The molecule has 0 radical (unpaired) electrons. The van der Waals surface area contributed by atoms with Crippen LogP contribution in [0.5, 0.6) is 5.75 Å². The van der Waals surface area contributed by atoms with Crippen molar-refractivity contribution >= 4 is 11.6 Å². The van der Waals surface area contributed by atoms with E-state index < -0.39 is 0 Å². The zero-order chi connectivity index (χ0) is 14.9. The summed E-state index contributed by atoms with van der Waals surface area (Å²) < 4.78 is 7.68. The van der Waals surface area contributed by atoms with E-state index >= 15 is 0 Å². The van der Waals surface area contributed by atoms with E-state index in [2.05, 4.69) is 44.1 Å². The molecule has 0 spiro atoms. The van der Waals surface area contributed by atoms with E-state index in [0.717, 1.165) is 17.0 Å². The molecule has 108 valence electrons. The molecule has 0 aliphatic carbocycles. The molecule has 2 aromatic rings. The first-order valence-corrected chi connectivity index (χ1v) is 7.19. The van der Waals surface area contributed by atoms with E-state index in [-0.39, 0.29) is 0 Å². The first-order chi connectivity index (χ1) is 9.40. The molecule has 1 aromatic heterocycles. The third-order valence-electron chi connectivity index (χ3n) is 3.43. The van der Waals surface area contributed by atoms with Gasteiger partial charge in [0.15, 0.2) is 0 Å². The van der Waals surface area contributed by atoms with Crippen LogP contribution in [0, 0.1) is 13.8 Å². The van der Waals surface area contributed by atoms with E-state index in [1.807, 2.05) is 14.0 Å². The Morgan fingerprint density at radius 2 is 2.00 bits per heavy atom. The Labute approximate surface area is 125 Å². The van der Waals surface area contributed by atoms with Crippen molar-refractivity contribution in [1.29, 1.82) is 0 Å². The molecule has 0 amide bonds. The minimum Gasteiger partial charge on any atom is -0.488 e. The van der Waals surface area contributed by atoms with Crippen molar-refractivity contribution in [1.82, 2.24) is 9.78 Å². The van der Waals surface area contributed by atoms with Gasteiger partial charge in [-0.15, -0.1) is 0 Å². The number of rotatable bonds is 4. The second-order valence-corrected chi connectivity index (χ2v) is 5.82. The molecule has 0 aliphatic heterocycles. The lowest BCUT2D eigenvalue weighted by Crippen LogP contribution is -2.01. The molecule has 0 saturated heterocycles. The highest BCUT2D eigenvalue weighted by molar-refractivity contribution is 6.30. The van der Waals surface area contributed by atoms with Crippen LogP contribution in [0.4, 0.5) is 0 Å². The molecule has 20 heavy (non-hydrogen) atoms. The minimum atomic E-state index is 0.427. The number of aryl methyl sites for hydroxylation is 3. The van der Waals surface area contributed by atoms with Gasteiger partial charge < -0.3 is 4.74 Å². The van der Waals surface area contributed by atoms with Gasteiger partial charge in [0.1, 0.15) is 17.5 Å². The van der Waals surface area contributed by atoms with Crippen LogP contribution >= 0.6 is 11.6 Å². The summed E-state index contributed by atoms with van der Waals surface area (Å²) >= 11 is 6.23. The number of ether oxygens (including phenoxy) is 1. The average Bonchev–Trinajstić information content (AvgIpc) is 2.61. The highest BCUT2D eigenvalue weighted by Gasteiger charge is 2.14. The lowest BCUT2D eigenvalue weighted by atomic mass is 10.0. The molecule has 0 atom stereocenters. The lowest BCUT2D eigenvalue weighted by molar-refractivity contribution is 0.301. The van der Waals surface area contributed by atoms with Gasteiger partial charge in [0, 0.05) is 12.6 Å². The van der Waals surface area contributed by atoms with Crippen LogP contribution < -0.4 is 4.74 Å². The molecular formula is C16H21ClN2O. The Morgan fingerprint density at radius 1 is 1.30 bits per heavy atom. The fraction of sp³-hybridized carbons (Fsp3) is 0.438. The van der Waals surface area contributed by atoms with Crippen molar-refractivity contribution < 1.29 is 4.74 Å². The number of benzene rings is 1. The Morgan fingerprint density at radius 3 is 2.55 bits per heavy atom. The zero-order valence-corrected chi connectivity index (χ0v) is 13.5. The summed E-state index contributed by atoms with van der Waals surface area (Å²) in [5.41, 5.74) is 4.27. The Hall–Kier alpha value is -1.48. The standard InChI is InChI=1S/C16H21ClN2O/c1-10(2)13-7-6-11(3)8-15(13)20-9-14-12(4)18-19(5)16(14)17/h6-8,10H,9H2,1-5H3. The maximum absolute atomic E-state index is 6.23. The molecule has 2 rings (SSSR count). The molecule has 1 aromatic carbocycles. The van der Waals surface area contributed by atoms with Crippen molar-refractivity contribution in [2.45, 2.75) is 40.2 Å². The smallest absolute Gasteiger partial charge is 0.133 e. The predicted molar refractivity (Wildman–Crippen MR) is 82.6 cm³/mol. The van der Waals surface area contributed by atoms with Crippen molar-refractivity contribution in [2.24, 2.45) is 7.05 Å². The SMILES string of the molecule is Cc1ccc(C(C)C)c(OCc2c(C)nn(C)c2Cl)c1. The normalized spacial score (nSPS) is 11.2. The zero-order valence-electron chi connectivity index (χ0n) is 12.7. The summed E-state index contributed by atoms with van der Waals surface area (Å²) in [7, 11) is 1.84. The van der Waals surface area contributed by atoms with Crippen molar-refractivity contribution in [3.05, 3.63) is 45.7 Å². The van der Waals surface area contributed by atoms with Crippen molar-refractivity contribution in [3.63, 3.8) is 0 Å². The summed E-state index contributed by atoms with van der Waals surface area (Å²) in [6.45, 7) is 8.80. The maximum atomic E-state index is 6.23. The number of hydrogen-bond acceptors (Lipinski definition) is 2. The second-order valence-electron chi connectivity index (χ2n) is 5.46. The van der Waals surface area contributed by atoms with Crippen LogP contribution in [0.2, 0.25) is 5.15 Å². The Kier molecular flexibility index (Phi) is 4.39. The van der Waals surface area contributed by atoms with Gasteiger partial charge in [-0.25, -0.2) is 0 Å². The van der Waals surface area contributed by atoms with E-state index in [1.165, 1.54) is 11.1 Å². The molecule has 0 fully saturated rings. The molecule has 0 unspecified atom stereocenters. The summed E-state index contributed by atoms with van der Waals surface area (Å²) in [4.78, 5) is 0. The average molecular weight is 293 g/mol. The largest absolute Gasteiger partial charge is 0.488 e. The van der Waals surface area contributed by atoms with E-state index in [4.69, 9.17) is 16.3 Å². The highest BCUT2D eigenvalue weighted by Crippen LogP contribution is 2.29. The van der Waals surface area contributed by atoms with E-state index in [9.17, 15) is 0 Å². The summed E-state index contributed by atoms with van der Waals surface area (Å²) in [5.74, 6) is 1.36. The molecule has 0 saturated carbocycles. The lowest BCUT2D eigenvalue weighted by Gasteiger charge is -2.15. The first kappa shape index (κ1) is 14.9. The predicted octanol–water partition coefficient (Wildman–Crippen LogP) is 4.39. The second kappa shape index (κ2) is 5.88. The van der Waals surface area contributed by atoms with Crippen LogP contribution in [0.3, 0.4) is 0 Å². The number of nitrogens with zero attached hydrogens (tertiary/aromatic N) is 2. The molecular weight excluding hydrogens is 272 g/mol. The number of halogens is 1. The van der Waals surface area contributed by atoms with E-state index in [1.54, 1.807) is 4.68 Å².